The lowest BCUT2D eigenvalue weighted by Crippen LogP contribution is -2.33. The van der Waals surface area contributed by atoms with Crippen LogP contribution in [0.2, 0.25) is 5.02 Å². The van der Waals surface area contributed by atoms with Gasteiger partial charge in [0.2, 0.25) is 0 Å². The van der Waals surface area contributed by atoms with Gasteiger partial charge in [0.1, 0.15) is 5.75 Å². The van der Waals surface area contributed by atoms with Crippen molar-refractivity contribution < 1.29 is 17.9 Å². The molecule has 1 N–H and O–H groups in total. The molecule has 0 saturated carbocycles. The van der Waals surface area contributed by atoms with Gasteiger partial charge in [-0.15, -0.1) is 0 Å². The standard InChI is InChI=1S/C29H27ClN2O4S/c1-21-11-17-25(18-12-21)37(34,35)32(20-22-13-15-24(30)16-14-22)27-9-5-4-8-26(27)29(33)31-19-23-7-3-6-10-28(23)36-2/h3-18H,19-20H2,1-2H3,(H,31,33). The van der Waals surface area contributed by atoms with Crippen molar-refractivity contribution in [2.24, 2.45) is 0 Å². The number of carbonyl (C=O) groups is 1. The average molecular weight is 535 g/mol. The van der Waals surface area contributed by atoms with Crippen molar-refractivity contribution in [1.82, 2.24) is 5.32 Å². The van der Waals surface area contributed by atoms with Gasteiger partial charge in [-0.25, -0.2) is 8.42 Å². The molecular weight excluding hydrogens is 508 g/mol. The molecule has 0 radical (unpaired) electrons. The molecule has 6 nitrogen and oxygen atoms in total. The Kier molecular flexibility index (Phi) is 8.16. The van der Waals surface area contributed by atoms with Crippen molar-refractivity contribution in [3.05, 3.63) is 124 Å². The van der Waals surface area contributed by atoms with Crippen LogP contribution in [-0.4, -0.2) is 21.4 Å². The van der Waals surface area contributed by atoms with E-state index in [9.17, 15) is 13.2 Å². The molecule has 0 saturated heterocycles. The van der Waals surface area contributed by atoms with Crippen molar-refractivity contribution >= 4 is 33.2 Å². The third-order valence-corrected chi connectivity index (χ3v) is 7.92. The van der Waals surface area contributed by atoms with Crippen molar-refractivity contribution in [3.63, 3.8) is 0 Å². The van der Waals surface area contributed by atoms with Gasteiger partial charge in [0.25, 0.3) is 15.9 Å². The lowest BCUT2D eigenvalue weighted by molar-refractivity contribution is 0.0951. The highest BCUT2D eigenvalue weighted by molar-refractivity contribution is 7.92. The molecule has 0 aromatic heterocycles. The zero-order valence-corrected chi connectivity index (χ0v) is 22.1. The topological polar surface area (TPSA) is 75.7 Å². The molecule has 4 aromatic carbocycles. The van der Waals surface area contributed by atoms with Gasteiger partial charge in [0, 0.05) is 17.1 Å². The summed E-state index contributed by atoms with van der Waals surface area (Å²) in [5.41, 5.74) is 2.99. The maximum atomic E-state index is 13.9. The second kappa shape index (κ2) is 11.5. The minimum atomic E-state index is -4.01. The fraction of sp³-hybridized carbons (Fsp3) is 0.138. The molecule has 0 heterocycles. The molecule has 190 valence electrons. The molecule has 4 aromatic rings. The molecule has 0 fully saturated rings. The van der Waals surface area contributed by atoms with Crippen LogP contribution in [0.15, 0.2) is 102 Å². The second-order valence-electron chi connectivity index (χ2n) is 8.46. The van der Waals surface area contributed by atoms with Gasteiger partial charge >= 0.3 is 0 Å². The number of rotatable bonds is 9. The summed E-state index contributed by atoms with van der Waals surface area (Å²) in [5, 5.41) is 3.45. The van der Waals surface area contributed by atoms with Gasteiger partial charge in [-0.3, -0.25) is 9.10 Å². The number of para-hydroxylation sites is 2. The number of nitrogens with one attached hydrogen (secondary N) is 1. The number of ether oxygens (including phenoxy) is 1. The monoisotopic (exact) mass is 534 g/mol. The van der Waals surface area contributed by atoms with Gasteiger partial charge < -0.3 is 10.1 Å². The molecule has 0 atom stereocenters. The number of hydrogen-bond acceptors (Lipinski definition) is 4. The van der Waals surface area contributed by atoms with E-state index in [0.29, 0.717) is 10.8 Å². The molecule has 0 bridgehead atoms. The lowest BCUT2D eigenvalue weighted by atomic mass is 10.1. The van der Waals surface area contributed by atoms with Crippen LogP contribution in [0.25, 0.3) is 0 Å². The van der Waals surface area contributed by atoms with E-state index >= 15 is 0 Å². The third-order valence-electron chi connectivity index (χ3n) is 5.90. The Morgan fingerprint density at radius 3 is 2.24 bits per heavy atom. The van der Waals surface area contributed by atoms with Gasteiger partial charge in [-0.1, -0.05) is 71.8 Å². The lowest BCUT2D eigenvalue weighted by Gasteiger charge is -2.27. The Bertz CT molecular complexity index is 1490. The van der Waals surface area contributed by atoms with E-state index in [2.05, 4.69) is 5.32 Å². The molecule has 8 heteroatoms. The SMILES string of the molecule is COc1ccccc1CNC(=O)c1ccccc1N(Cc1ccc(Cl)cc1)S(=O)(=O)c1ccc(C)cc1. The number of nitrogens with zero attached hydrogens (tertiary/aromatic N) is 1. The van der Waals surface area contributed by atoms with E-state index in [0.717, 1.165) is 16.7 Å². The summed E-state index contributed by atoms with van der Waals surface area (Å²) < 4.78 is 34.4. The third kappa shape index (κ3) is 6.13. The van der Waals surface area contributed by atoms with Crippen LogP contribution in [0.3, 0.4) is 0 Å². The maximum Gasteiger partial charge on any atom is 0.264 e. The predicted octanol–water partition coefficient (Wildman–Crippen LogP) is 5.98. The first-order valence-electron chi connectivity index (χ1n) is 11.6. The van der Waals surface area contributed by atoms with E-state index in [1.54, 1.807) is 79.9 Å². The highest BCUT2D eigenvalue weighted by Gasteiger charge is 2.28. The Morgan fingerprint density at radius 2 is 1.54 bits per heavy atom. The highest BCUT2D eigenvalue weighted by atomic mass is 35.5. The Hall–Kier alpha value is -3.81. The van der Waals surface area contributed by atoms with Gasteiger partial charge in [-0.2, -0.15) is 0 Å². The van der Waals surface area contributed by atoms with Crippen molar-refractivity contribution in [1.29, 1.82) is 0 Å². The number of aryl methyl sites for hydroxylation is 1. The smallest absolute Gasteiger partial charge is 0.264 e. The summed E-state index contributed by atoms with van der Waals surface area (Å²) in [4.78, 5) is 13.5. The van der Waals surface area contributed by atoms with Crippen LogP contribution >= 0.6 is 11.6 Å². The Labute approximate surface area is 222 Å². The number of amides is 1. The largest absolute Gasteiger partial charge is 0.496 e. The van der Waals surface area contributed by atoms with Crippen LogP contribution in [-0.2, 0) is 23.1 Å². The van der Waals surface area contributed by atoms with Crippen molar-refractivity contribution in [2.45, 2.75) is 24.9 Å². The number of benzene rings is 4. The van der Waals surface area contributed by atoms with Gasteiger partial charge in [0.15, 0.2) is 0 Å². The minimum Gasteiger partial charge on any atom is -0.496 e. The van der Waals surface area contributed by atoms with E-state index in [-0.39, 0.29) is 29.2 Å². The zero-order valence-electron chi connectivity index (χ0n) is 20.5. The van der Waals surface area contributed by atoms with Crippen LogP contribution < -0.4 is 14.4 Å². The molecule has 0 aliphatic heterocycles. The average Bonchev–Trinajstić information content (AvgIpc) is 2.91. The zero-order chi connectivity index (χ0) is 26.4. The van der Waals surface area contributed by atoms with Crippen molar-refractivity contribution in [2.75, 3.05) is 11.4 Å². The first kappa shape index (κ1) is 26.3. The fourth-order valence-electron chi connectivity index (χ4n) is 3.90. The fourth-order valence-corrected chi connectivity index (χ4v) is 5.49. The highest BCUT2D eigenvalue weighted by Crippen LogP contribution is 2.30. The number of methoxy groups -OCH3 is 1. The molecule has 0 aliphatic carbocycles. The molecule has 37 heavy (non-hydrogen) atoms. The van der Waals surface area contributed by atoms with Crippen LogP contribution in [0.1, 0.15) is 27.0 Å². The van der Waals surface area contributed by atoms with Crippen LogP contribution in [0.4, 0.5) is 5.69 Å². The van der Waals surface area contributed by atoms with E-state index in [1.165, 1.54) is 4.31 Å². The number of halogens is 1. The van der Waals surface area contributed by atoms with Gasteiger partial charge in [-0.05, 0) is 55.0 Å². The van der Waals surface area contributed by atoms with Crippen LogP contribution in [0.5, 0.6) is 5.75 Å². The summed E-state index contributed by atoms with van der Waals surface area (Å²) in [5.74, 6) is 0.254. The second-order valence-corrected chi connectivity index (χ2v) is 10.8. The van der Waals surface area contributed by atoms with Crippen molar-refractivity contribution in [3.8, 4) is 5.75 Å². The first-order valence-corrected chi connectivity index (χ1v) is 13.4. The molecule has 0 unspecified atom stereocenters. The molecule has 4 rings (SSSR count). The maximum absolute atomic E-state index is 13.9. The quantitative estimate of drug-likeness (QED) is 0.286. The van der Waals surface area contributed by atoms with Crippen LogP contribution in [0, 0.1) is 6.92 Å². The Balaban J connectivity index is 1.73. The normalized spacial score (nSPS) is 11.1. The molecule has 1 amide bonds. The number of hydrogen-bond donors (Lipinski definition) is 1. The summed E-state index contributed by atoms with van der Waals surface area (Å²) in [6.07, 6.45) is 0. The van der Waals surface area contributed by atoms with E-state index in [1.807, 2.05) is 31.2 Å². The number of carbonyl (C=O) groups excluding carboxylic acids is 1. The summed E-state index contributed by atoms with van der Waals surface area (Å²) >= 11 is 6.05. The first-order chi connectivity index (χ1) is 17.8. The molecular formula is C29H27ClN2O4S. The molecule has 0 spiro atoms. The van der Waals surface area contributed by atoms with E-state index in [4.69, 9.17) is 16.3 Å². The number of anilines is 1. The Morgan fingerprint density at radius 1 is 0.892 bits per heavy atom. The molecule has 0 aliphatic rings. The summed E-state index contributed by atoms with van der Waals surface area (Å²) in [6.45, 7) is 2.13. The predicted molar refractivity (Wildman–Crippen MR) is 147 cm³/mol. The van der Waals surface area contributed by atoms with Gasteiger partial charge in [0.05, 0.1) is 29.8 Å². The minimum absolute atomic E-state index is 0.0180. The summed E-state index contributed by atoms with van der Waals surface area (Å²) in [7, 11) is -2.44. The number of sulfonamides is 1. The van der Waals surface area contributed by atoms with E-state index < -0.39 is 15.9 Å². The summed E-state index contributed by atoms with van der Waals surface area (Å²) in [6, 6.07) is 27.7.